The molecule has 12 heteroatoms. The Labute approximate surface area is 165 Å². The number of carbonyl (C=O) groups excluding carboxylic acids is 1. The van der Waals surface area contributed by atoms with Crippen LogP contribution in [-0.2, 0) is 22.5 Å². The number of amides is 2. The van der Waals surface area contributed by atoms with Crippen LogP contribution < -0.4 is 16.2 Å². The maximum atomic E-state index is 11.3. The van der Waals surface area contributed by atoms with Crippen molar-refractivity contribution in [1.82, 2.24) is 5.32 Å². The van der Waals surface area contributed by atoms with Crippen molar-refractivity contribution in [3.8, 4) is 0 Å². The lowest BCUT2D eigenvalue weighted by Gasteiger charge is -2.03. The molecule has 0 aromatic heterocycles. The van der Waals surface area contributed by atoms with Crippen LogP contribution in [0.2, 0.25) is 0 Å². The third kappa shape index (κ3) is 4.63. The number of hydrogen-bond acceptors (Lipinski definition) is 7. The molecule has 10 nitrogen and oxygen atoms in total. The summed E-state index contributed by atoms with van der Waals surface area (Å²) < 4.78 is 9.87. The van der Waals surface area contributed by atoms with Crippen molar-refractivity contribution in [1.29, 1.82) is 0 Å². The summed E-state index contributed by atoms with van der Waals surface area (Å²) in [6, 6.07) is 9.14. The second-order valence-electron chi connectivity index (χ2n) is 6.22. The van der Waals surface area contributed by atoms with E-state index in [2.05, 4.69) is 0 Å². The van der Waals surface area contributed by atoms with Crippen LogP contribution in [0.1, 0.15) is 31.8 Å². The van der Waals surface area contributed by atoms with Crippen molar-refractivity contribution in [2.24, 2.45) is 0 Å². The lowest BCUT2D eigenvalue weighted by Crippen LogP contribution is -2.32. The van der Waals surface area contributed by atoms with Gasteiger partial charge in [-0.15, -0.1) is 0 Å². The van der Waals surface area contributed by atoms with Gasteiger partial charge in [-0.1, -0.05) is 12.1 Å². The fourth-order valence-corrected chi connectivity index (χ4v) is 2.87. The normalized spacial score (nSPS) is 13.9. The number of benzene rings is 2. The van der Waals surface area contributed by atoms with Crippen molar-refractivity contribution in [3.05, 3.63) is 58.7 Å². The minimum absolute atomic E-state index is 0.170. The summed E-state index contributed by atoms with van der Waals surface area (Å²) in [7, 11) is -2.03. The maximum absolute atomic E-state index is 11.3. The molecule has 0 fully saturated rings. The zero-order chi connectivity index (χ0) is 21.1. The highest BCUT2D eigenvalue weighted by Crippen LogP contribution is 2.12. The highest BCUT2D eigenvalue weighted by Gasteiger charge is 2.28. The quantitative estimate of drug-likeness (QED) is 0.395. The monoisotopic (exact) mass is 399 g/mol. The molecule has 2 heterocycles. The molecule has 2 aliphatic heterocycles. The lowest BCUT2D eigenvalue weighted by molar-refractivity contribution is 0.0696. The molecule has 0 saturated carbocycles. The van der Waals surface area contributed by atoms with E-state index in [-0.39, 0.29) is 17.7 Å². The van der Waals surface area contributed by atoms with Crippen LogP contribution in [0.3, 0.4) is 0 Å². The van der Waals surface area contributed by atoms with Crippen molar-refractivity contribution in [2.75, 3.05) is 0 Å². The Hall–Kier alpha value is -3.18. The molecule has 0 bridgehead atoms. The predicted molar refractivity (Wildman–Crippen MR) is 100 cm³/mol. The van der Waals surface area contributed by atoms with E-state index in [1.807, 2.05) is 0 Å². The van der Waals surface area contributed by atoms with Crippen LogP contribution in [-0.4, -0.2) is 52.5 Å². The Morgan fingerprint density at radius 3 is 1.79 bits per heavy atom. The van der Waals surface area contributed by atoms with Gasteiger partial charge in [0, 0.05) is 5.56 Å². The minimum atomic E-state index is -1.41. The van der Waals surface area contributed by atoms with E-state index in [0.29, 0.717) is 17.5 Å². The lowest BCUT2D eigenvalue weighted by atomic mass is 9.79. The Balaban J connectivity index is 0.000000169. The zero-order valence-electron chi connectivity index (χ0n) is 14.9. The standard InChI is InChI=1S/C9H8BNO5.C8H7BO4/c12-8(11-9(13)14)5-1-2-6-4-16-10(15)7(6)3-5;10-8(11)5-1-2-6-4-13-9(12)7(6)3-5/h1-3,15H,4H2,(H,11,12)(H,13,14);1-3,12H,4H2,(H,10,11). The number of aromatic carboxylic acids is 1. The average Bonchev–Trinajstić information content (AvgIpc) is 3.24. The average molecular weight is 399 g/mol. The topological polar surface area (TPSA) is 163 Å². The Morgan fingerprint density at radius 1 is 0.828 bits per heavy atom. The summed E-state index contributed by atoms with van der Waals surface area (Å²) >= 11 is 0. The molecule has 2 aliphatic rings. The molecule has 29 heavy (non-hydrogen) atoms. The molecular formula is C17H15B2NO9. The molecular weight excluding hydrogens is 384 g/mol. The SMILES string of the molecule is O=C(O)NC(=O)c1ccc2c(c1)B(O)OC2.O=C(O)c1ccc2c(c1)B(O)OC2. The van der Waals surface area contributed by atoms with Gasteiger partial charge in [0.05, 0.1) is 18.8 Å². The number of carboxylic acids is 1. The Morgan fingerprint density at radius 2 is 1.31 bits per heavy atom. The molecule has 0 unspecified atom stereocenters. The summed E-state index contributed by atoms with van der Waals surface area (Å²) in [6.45, 7) is 0.633. The fraction of sp³-hybridized carbons (Fsp3) is 0.118. The van der Waals surface area contributed by atoms with Gasteiger partial charge in [-0.3, -0.25) is 10.1 Å². The second-order valence-corrected chi connectivity index (χ2v) is 6.22. The molecule has 0 atom stereocenters. The van der Waals surface area contributed by atoms with Crippen molar-refractivity contribution in [2.45, 2.75) is 13.2 Å². The first-order valence-electron chi connectivity index (χ1n) is 8.39. The summed E-state index contributed by atoms with van der Waals surface area (Å²) in [5.41, 5.74) is 3.03. The van der Waals surface area contributed by atoms with Gasteiger partial charge in [0.2, 0.25) is 0 Å². The van der Waals surface area contributed by atoms with Gasteiger partial charge in [0.1, 0.15) is 0 Å². The van der Waals surface area contributed by atoms with Crippen molar-refractivity contribution >= 4 is 43.1 Å². The number of imide groups is 1. The van der Waals surface area contributed by atoms with Gasteiger partial charge in [0.25, 0.3) is 5.91 Å². The van der Waals surface area contributed by atoms with E-state index in [1.54, 1.807) is 17.4 Å². The van der Waals surface area contributed by atoms with Gasteiger partial charge in [-0.05, 0) is 46.3 Å². The number of carboxylic acid groups (broad SMARTS) is 2. The van der Waals surface area contributed by atoms with Crippen LogP contribution in [0.15, 0.2) is 36.4 Å². The number of hydrogen-bond donors (Lipinski definition) is 5. The van der Waals surface area contributed by atoms with Gasteiger partial charge < -0.3 is 29.6 Å². The fourth-order valence-electron chi connectivity index (χ4n) is 2.87. The van der Waals surface area contributed by atoms with Crippen LogP contribution in [0.25, 0.3) is 0 Å². The van der Waals surface area contributed by atoms with Crippen molar-refractivity contribution in [3.63, 3.8) is 0 Å². The third-order valence-corrected chi connectivity index (χ3v) is 4.35. The second kappa shape index (κ2) is 8.45. The molecule has 0 saturated heterocycles. The van der Waals surface area contributed by atoms with E-state index in [0.717, 1.165) is 11.1 Å². The van der Waals surface area contributed by atoms with E-state index < -0.39 is 32.2 Å². The molecule has 4 rings (SSSR count). The summed E-state index contributed by atoms with van der Waals surface area (Å²) in [5.74, 6) is -1.73. The first-order valence-corrected chi connectivity index (χ1v) is 8.39. The number of rotatable bonds is 2. The van der Waals surface area contributed by atoms with Crippen LogP contribution in [0.4, 0.5) is 4.79 Å². The van der Waals surface area contributed by atoms with E-state index in [4.69, 9.17) is 19.5 Å². The van der Waals surface area contributed by atoms with E-state index in [1.165, 1.54) is 24.3 Å². The summed E-state index contributed by atoms with van der Waals surface area (Å²) in [6.07, 6.45) is -1.41. The number of carbonyl (C=O) groups is 3. The van der Waals surface area contributed by atoms with Crippen LogP contribution in [0.5, 0.6) is 0 Å². The summed E-state index contributed by atoms with van der Waals surface area (Å²) in [4.78, 5) is 32.2. The molecule has 2 aromatic rings. The van der Waals surface area contributed by atoms with Gasteiger partial charge >= 0.3 is 26.3 Å². The summed E-state index contributed by atoms with van der Waals surface area (Å²) in [5, 5.41) is 37.5. The largest absolute Gasteiger partial charge is 0.491 e. The maximum Gasteiger partial charge on any atom is 0.491 e. The molecule has 2 amide bonds. The van der Waals surface area contributed by atoms with E-state index >= 15 is 0 Å². The van der Waals surface area contributed by atoms with Crippen molar-refractivity contribution < 1.29 is 44.0 Å². The zero-order valence-corrected chi connectivity index (χ0v) is 14.9. The smallest absolute Gasteiger partial charge is 0.478 e. The van der Waals surface area contributed by atoms with Gasteiger partial charge in [-0.2, -0.15) is 0 Å². The van der Waals surface area contributed by atoms with Crippen LogP contribution in [0, 0.1) is 0 Å². The first kappa shape index (κ1) is 20.6. The molecule has 148 valence electrons. The molecule has 0 radical (unpaired) electrons. The molecule has 0 aliphatic carbocycles. The van der Waals surface area contributed by atoms with Gasteiger partial charge in [-0.25, -0.2) is 9.59 Å². The predicted octanol–water partition coefficient (Wildman–Crippen LogP) is -1.09. The number of nitrogens with one attached hydrogen (secondary N) is 1. The number of fused-ring (bicyclic) bond motifs is 2. The minimum Gasteiger partial charge on any atom is -0.478 e. The van der Waals surface area contributed by atoms with Crippen LogP contribution >= 0.6 is 0 Å². The molecule has 0 spiro atoms. The molecule has 5 N–H and O–H groups in total. The Kier molecular flexibility index (Phi) is 5.99. The third-order valence-electron chi connectivity index (χ3n) is 4.35. The highest BCUT2D eigenvalue weighted by molar-refractivity contribution is 6.62. The Bertz CT molecular complexity index is 981. The van der Waals surface area contributed by atoms with E-state index in [9.17, 15) is 24.4 Å². The molecule has 2 aromatic carbocycles. The van der Waals surface area contributed by atoms with Gasteiger partial charge in [0.15, 0.2) is 0 Å². The highest BCUT2D eigenvalue weighted by atomic mass is 16.5. The first-order chi connectivity index (χ1) is 13.8.